The third-order valence-electron chi connectivity index (χ3n) is 6.03. The summed E-state index contributed by atoms with van der Waals surface area (Å²) in [5, 5.41) is 0.754. The Morgan fingerprint density at radius 1 is 1.00 bits per heavy atom. The van der Waals surface area contributed by atoms with Crippen molar-refractivity contribution >= 4 is 34.3 Å². The van der Waals surface area contributed by atoms with Gasteiger partial charge in [0.1, 0.15) is 0 Å². The van der Waals surface area contributed by atoms with E-state index in [9.17, 15) is 9.59 Å². The van der Waals surface area contributed by atoms with Gasteiger partial charge in [-0.1, -0.05) is 67.2 Å². The molecule has 0 saturated heterocycles. The largest absolute Gasteiger partial charge is 0.311 e. The molecule has 166 valence electrons. The Kier molecular flexibility index (Phi) is 6.01. The molecule has 0 radical (unpaired) electrons. The van der Waals surface area contributed by atoms with Gasteiger partial charge in [-0.15, -0.1) is 0 Å². The summed E-state index contributed by atoms with van der Waals surface area (Å²) in [5.41, 5.74) is 3.47. The first kappa shape index (κ1) is 21.5. The highest BCUT2D eigenvalue weighted by Gasteiger charge is 2.30. The average molecular weight is 456 g/mol. The van der Waals surface area contributed by atoms with E-state index in [1.807, 2.05) is 78.6 Å². The summed E-state index contributed by atoms with van der Waals surface area (Å²) in [6, 6.07) is 25.0. The van der Waals surface area contributed by atoms with E-state index < -0.39 is 0 Å². The predicted octanol–water partition coefficient (Wildman–Crippen LogP) is 5.24. The summed E-state index contributed by atoms with van der Waals surface area (Å²) >= 11 is 1.38. The number of benzene rings is 3. The van der Waals surface area contributed by atoms with Gasteiger partial charge in [0.2, 0.25) is 5.91 Å². The van der Waals surface area contributed by atoms with Crippen molar-refractivity contribution in [1.29, 1.82) is 0 Å². The van der Waals surface area contributed by atoms with Gasteiger partial charge in [-0.3, -0.25) is 14.2 Å². The molecule has 0 N–H and O–H groups in total. The van der Waals surface area contributed by atoms with Gasteiger partial charge in [0.05, 0.1) is 21.8 Å². The van der Waals surface area contributed by atoms with E-state index in [0.717, 1.165) is 24.2 Å². The number of aromatic nitrogens is 2. The zero-order valence-electron chi connectivity index (χ0n) is 18.5. The molecule has 2 heterocycles. The van der Waals surface area contributed by atoms with Gasteiger partial charge in [0.25, 0.3) is 5.56 Å². The van der Waals surface area contributed by atoms with Crippen LogP contribution in [0.25, 0.3) is 16.6 Å². The Morgan fingerprint density at radius 3 is 2.55 bits per heavy atom. The van der Waals surface area contributed by atoms with Crippen molar-refractivity contribution in [2.75, 3.05) is 11.4 Å². The van der Waals surface area contributed by atoms with Crippen LogP contribution in [0.3, 0.4) is 0 Å². The Bertz CT molecular complexity index is 1370. The number of fused-ring (bicyclic) bond motifs is 2. The topological polar surface area (TPSA) is 55.2 Å². The minimum Gasteiger partial charge on any atom is -0.311 e. The van der Waals surface area contributed by atoms with E-state index in [-0.39, 0.29) is 16.7 Å². The second-order valence-electron chi connectivity index (χ2n) is 8.12. The maximum Gasteiger partial charge on any atom is 0.266 e. The van der Waals surface area contributed by atoms with Crippen LogP contribution >= 0.6 is 11.8 Å². The van der Waals surface area contributed by atoms with Gasteiger partial charge >= 0.3 is 0 Å². The molecule has 3 aromatic carbocycles. The van der Waals surface area contributed by atoms with E-state index in [2.05, 4.69) is 6.07 Å². The fourth-order valence-electron chi connectivity index (χ4n) is 4.37. The number of hydrogen-bond donors (Lipinski definition) is 0. The van der Waals surface area contributed by atoms with Gasteiger partial charge in [0, 0.05) is 12.2 Å². The van der Waals surface area contributed by atoms with E-state index in [1.165, 1.54) is 17.3 Å². The van der Waals surface area contributed by atoms with Crippen LogP contribution in [0.5, 0.6) is 0 Å². The fourth-order valence-corrected chi connectivity index (χ4v) is 5.46. The number of anilines is 1. The third kappa shape index (κ3) is 4.07. The lowest BCUT2D eigenvalue weighted by atomic mass is 10.0. The number of aryl methyl sites for hydroxylation is 1. The van der Waals surface area contributed by atoms with Crippen molar-refractivity contribution in [3.8, 4) is 5.69 Å². The molecule has 0 spiro atoms. The zero-order chi connectivity index (χ0) is 22.8. The van der Waals surface area contributed by atoms with E-state index >= 15 is 0 Å². The Hall–Kier alpha value is -3.38. The normalized spacial score (nSPS) is 14.2. The standard InChI is InChI=1S/C27H25N3O2S/c1-2-24(26(32)29-18-10-12-19-11-6-9-17-23(19)29)33-27-28-22-16-8-7-15-21(22)25(31)30(27)20-13-4-3-5-14-20/h3-9,11,13-17,24H,2,10,12,18H2,1H3. The van der Waals surface area contributed by atoms with Crippen LogP contribution in [0.4, 0.5) is 5.69 Å². The van der Waals surface area contributed by atoms with Crippen LogP contribution in [0.2, 0.25) is 0 Å². The van der Waals surface area contributed by atoms with Crippen LogP contribution in [0.1, 0.15) is 25.3 Å². The van der Waals surface area contributed by atoms with Crippen molar-refractivity contribution in [3.05, 3.63) is 94.8 Å². The highest BCUT2D eigenvalue weighted by molar-refractivity contribution is 8.00. The second kappa shape index (κ2) is 9.24. The second-order valence-corrected chi connectivity index (χ2v) is 9.29. The monoisotopic (exact) mass is 455 g/mol. The molecule has 5 rings (SSSR count). The van der Waals surface area contributed by atoms with Crippen LogP contribution in [-0.2, 0) is 11.2 Å². The minimum atomic E-state index is -0.348. The van der Waals surface area contributed by atoms with Crippen LogP contribution < -0.4 is 10.5 Å². The zero-order valence-corrected chi connectivity index (χ0v) is 19.3. The fraction of sp³-hybridized carbons (Fsp3) is 0.222. The van der Waals surface area contributed by atoms with Crippen LogP contribution in [0.15, 0.2) is 88.8 Å². The lowest BCUT2D eigenvalue weighted by Gasteiger charge is -2.32. The summed E-state index contributed by atoms with van der Waals surface area (Å²) in [7, 11) is 0. The number of nitrogens with zero attached hydrogens (tertiary/aromatic N) is 3. The molecule has 1 aliphatic rings. The van der Waals surface area contributed by atoms with Crippen LogP contribution in [-0.4, -0.2) is 27.3 Å². The summed E-state index contributed by atoms with van der Waals surface area (Å²) in [5.74, 6) is 0.0664. The smallest absolute Gasteiger partial charge is 0.266 e. The minimum absolute atomic E-state index is 0.0664. The summed E-state index contributed by atoms with van der Waals surface area (Å²) in [6.45, 7) is 2.72. The predicted molar refractivity (Wildman–Crippen MR) is 134 cm³/mol. The average Bonchev–Trinajstić information content (AvgIpc) is 2.87. The number of hydrogen-bond acceptors (Lipinski definition) is 4. The molecule has 4 aromatic rings. The molecule has 1 amide bonds. The Morgan fingerprint density at radius 2 is 1.73 bits per heavy atom. The third-order valence-corrected chi connectivity index (χ3v) is 7.33. The molecule has 0 fully saturated rings. The molecule has 6 heteroatoms. The van der Waals surface area contributed by atoms with Gasteiger partial charge in [-0.2, -0.15) is 0 Å². The van der Waals surface area contributed by atoms with Gasteiger partial charge in [0.15, 0.2) is 5.16 Å². The maximum absolute atomic E-state index is 13.7. The number of thioether (sulfide) groups is 1. The molecule has 1 aromatic heterocycles. The lowest BCUT2D eigenvalue weighted by Crippen LogP contribution is -2.41. The van der Waals surface area contributed by atoms with Crippen molar-refractivity contribution in [2.45, 2.75) is 36.6 Å². The number of carbonyl (C=O) groups excluding carboxylic acids is 1. The maximum atomic E-state index is 13.7. The quantitative estimate of drug-likeness (QED) is 0.305. The molecular formula is C27H25N3O2S. The first-order valence-electron chi connectivity index (χ1n) is 11.3. The Labute approximate surface area is 197 Å². The van der Waals surface area contributed by atoms with E-state index in [4.69, 9.17) is 4.98 Å². The van der Waals surface area contributed by atoms with Crippen molar-refractivity contribution < 1.29 is 4.79 Å². The van der Waals surface area contributed by atoms with Gasteiger partial charge < -0.3 is 4.90 Å². The lowest BCUT2D eigenvalue weighted by molar-refractivity contribution is -0.118. The molecule has 1 aliphatic heterocycles. The summed E-state index contributed by atoms with van der Waals surface area (Å²) < 4.78 is 1.63. The van der Waals surface area contributed by atoms with Crippen LogP contribution in [0, 0.1) is 0 Å². The molecule has 1 unspecified atom stereocenters. The SMILES string of the molecule is CCC(Sc1nc2ccccc2c(=O)n1-c1ccccc1)C(=O)N1CCCc2ccccc21. The first-order chi connectivity index (χ1) is 16.2. The number of rotatable bonds is 5. The Balaban J connectivity index is 1.57. The van der Waals surface area contributed by atoms with Gasteiger partial charge in [-0.05, 0) is 55.2 Å². The molecule has 0 saturated carbocycles. The molecule has 5 nitrogen and oxygen atoms in total. The highest BCUT2D eigenvalue weighted by atomic mass is 32.2. The van der Waals surface area contributed by atoms with E-state index in [0.29, 0.717) is 29.0 Å². The molecular weight excluding hydrogens is 430 g/mol. The molecule has 1 atom stereocenters. The molecule has 33 heavy (non-hydrogen) atoms. The number of carbonyl (C=O) groups is 1. The number of para-hydroxylation sites is 3. The van der Waals surface area contributed by atoms with Crippen molar-refractivity contribution in [1.82, 2.24) is 9.55 Å². The summed E-state index contributed by atoms with van der Waals surface area (Å²) in [4.78, 5) is 33.9. The van der Waals surface area contributed by atoms with Gasteiger partial charge in [-0.25, -0.2) is 4.98 Å². The molecule has 0 aliphatic carbocycles. The number of amides is 1. The molecule has 0 bridgehead atoms. The van der Waals surface area contributed by atoms with E-state index in [1.54, 1.807) is 10.6 Å². The highest BCUT2D eigenvalue weighted by Crippen LogP contribution is 2.32. The van der Waals surface area contributed by atoms with Crippen molar-refractivity contribution in [2.24, 2.45) is 0 Å². The van der Waals surface area contributed by atoms with Crippen molar-refractivity contribution in [3.63, 3.8) is 0 Å². The summed E-state index contributed by atoms with van der Waals surface area (Å²) in [6.07, 6.45) is 2.58. The first-order valence-corrected chi connectivity index (χ1v) is 12.2.